The van der Waals surface area contributed by atoms with Crippen LogP contribution in [-0.2, 0) is 4.12 Å². The summed E-state index contributed by atoms with van der Waals surface area (Å²) in [7, 11) is 4.03. The van der Waals surface area contributed by atoms with Gasteiger partial charge in [0.05, 0.1) is 59.3 Å². The lowest BCUT2D eigenvalue weighted by atomic mass is 10.0. The molecule has 0 saturated carbocycles. The van der Waals surface area contributed by atoms with Gasteiger partial charge in [0.2, 0.25) is 34.7 Å². The van der Waals surface area contributed by atoms with Crippen molar-refractivity contribution in [1.82, 2.24) is 0 Å². The van der Waals surface area contributed by atoms with Gasteiger partial charge in [0, 0.05) is 34.9 Å². The van der Waals surface area contributed by atoms with Crippen LogP contribution in [0.15, 0.2) is 127 Å². The second kappa shape index (κ2) is 21.1. The van der Waals surface area contributed by atoms with Crippen LogP contribution in [0.25, 0.3) is 0 Å². The average molecular weight is 930 g/mol. The minimum absolute atomic E-state index is 0.0222. The highest BCUT2D eigenvalue weighted by atomic mass is 28.4. The number of Topliss-reactive ketones (excluding diaryl/α,β-unsaturated/α-hetero) is 6. The van der Waals surface area contributed by atoms with Gasteiger partial charge < -0.3 is 45.8 Å². The monoisotopic (exact) mass is 929 g/mol. The van der Waals surface area contributed by atoms with Crippen molar-refractivity contribution in [3.05, 3.63) is 161 Å². The van der Waals surface area contributed by atoms with Gasteiger partial charge in [-0.3, -0.25) is 28.8 Å². The van der Waals surface area contributed by atoms with Gasteiger partial charge in [-0.1, -0.05) is 0 Å². The molecule has 0 heterocycles. The lowest BCUT2D eigenvalue weighted by Gasteiger charge is -2.30. The van der Waals surface area contributed by atoms with E-state index in [2.05, 4.69) is 0 Å². The number of carbonyl (C=O) groups excluding carboxylic acids is 6. The zero-order valence-electron chi connectivity index (χ0n) is 36.4. The first kappa shape index (κ1) is 47.4. The normalized spacial score (nSPS) is 10.8. The molecule has 66 heavy (non-hydrogen) atoms. The maximum Gasteiger partial charge on any atom is 0.881 e. The summed E-state index contributed by atoms with van der Waals surface area (Å²) in [4.78, 5) is 83.7. The summed E-state index contributed by atoms with van der Waals surface area (Å²) in [6.45, 7) is 0. The van der Waals surface area contributed by atoms with Crippen LogP contribution in [0.3, 0.4) is 0 Å². The van der Waals surface area contributed by atoms with Crippen molar-refractivity contribution in [1.29, 1.82) is 0 Å². The molecule has 0 spiro atoms. The highest BCUT2D eigenvalue weighted by molar-refractivity contribution is 6.60. The van der Waals surface area contributed by atoms with Crippen molar-refractivity contribution in [3.63, 3.8) is 0 Å². The maximum atomic E-state index is 14.1. The van der Waals surface area contributed by atoms with Crippen LogP contribution in [0.4, 0.5) is 0 Å². The highest BCUT2D eigenvalue weighted by Gasteiger charge is 2.55. The first-order chi connectivity index (χ1) is 31.8. The summed E-state index contributed by atoms with van der Waals surface area (Å²) in [5, 5.41) is 0. The first-order valence-electron chi connectivity index (χ1n) is 19.5. The van der Waals surface area contributed by atoms with Gasteiger partial charge in [-0.05, 0) is 109 Å². The van der Waals surface area contributed by atoms with Gasteiger partial charge in [0.1, 0.15) is 51.7 Å². The van der Waals surface area contributed by atoms with E-state index in [9.17, 15) is 28.8 Å². The van der Waals surface area contributed by atoms with Gasteiger partial charge in [0.25, 0.3) is 0 Å². The van der Waals surface area contributed by atoms with Gasteiger partial charge in [-0.25, -0.2) is 0 Å². The van der Waals surface area contributed by atoms with Crippen molar-refractivity contribution in [3.8, 4) is 51.7 Å². The minimum atomic E-state index is -5.20. The molecule has 1 radical (unpaired) electrons. The maximum absolute atomic E-state index is 14.1. The van der Waals surface area contributed by atoms with Crippen LogP contribution in [0, 0.1) is 0 Å². The molecule has 0 aliphatic carbocycles. The van der Waals surface area contributed by atoms with Crippen LogP contribution in [0.2, 0.25) is 0 Å². The molecule has 16 nitrogen and oxygen atoms in total. The molecule has 0 atom stereocenters. The Morgan fingerprint density at radius 1 is 0.333 bits per heavy atom. The fourth-order valence-electron chi connectivity index (χ4n) is 6.25. The van der Waals surface area contributed by atoms with E-state index in [0.717, 1.165) is 10.5 Å². The Balaban J connectivity index is 1.53. The van der Waals surface area contributed by atoms with Crippen molar-refractivity contribution < 1.29 is 74.6 Å². The lowest BCUT2D eigenvalue weighted by molar-refractivity contribution is 0.0809. The zero-order chi connectivity index (χ0) is 47.5. The summed E-state index contributed by atoms with van der Waals surface area (Å²) < 4.78 is 57.6. The standard InChI is InChI=1S/C48H41O16Si2/c1-55-31-13-7-28(8-14-31)43(49)46(52)37-22-19-34(58-4)25-40(37)61-66(64-65,62-41-26-35(59-5)20-23-38(41)47(53)44(50)29-9-15-32(56-2)16-10-29)63-42-27-36(60-6)21-24-39(42)48(54)45(51)30-11-17-33(57-3)18-12-30/h7-27H,65H2,1-6H3. The summed E-state index contributed by atoms with van der Waals surface area (Å²) in [6.07, 6.45) is 0. The van der Waals surface area contributed by atoms with E-state index in [0.29, 0.717) is 17.2 Å². The molecular formula is C48H41O16Si2. The van der Waals surface area contributed by atoms with Crippen LogP contribution in [0.5, 0.6) is 51.7 Å². The number of hydrogen-bond donors (Lipinski definition) is 0. The number of ether oxygens (including phenoxy) is 6. The quantitative estimate of drug-likeness (QED) is 0.0408. The van der Waals surface area contributed by atoms with Gasteiger partial charge >= 0.3 is 9.05 Å². The van der Waals surface area contributed by atoms with Crippen LogP contribution in [0.1, 0.15) is 62.1 Å². The van der Waals surface area contributed by atoms with E-state index in [1.807, 2.05) is 0 Å². The Morgan fingerprint density at radius 2 is 0.561 bits per heavy atom. The second-order valence-corrected chi connectivity index (χ2v) is 16.5. The molecule has 6 rings (SSSR count). The largest absolute Gasteiger partial charge is 0.881 e. The van der Waals surface area contributed by atoms with E-state index in [-0.39, 0.29) is 67.9 Å². The van der Waals surface area contributed by atoms with Crippen molar-refractivity contribution in [2.24, 2.45) is 0 Å². The van der Waals surface area contributed by atoms with E-state index < -0.39 is 43.7 Å². The molecule has 0 aromatic heterocycles. The Labute approximate surface area is 382 Å². The van der Waals surface area contributed by atoms with Crippen LogP contribution >= 0.6 is 0 Å². The van der Waals surface area contributed by atoms with Gasteiger partial charge in [-0.15, -0.1) is 0 Å². The number of benzene rings is 6. The smallest absolute Gasteiger partial charge is 0.497 e. The third kappa shape index (κ3) is 10.5. The molecule has 0 unspecified atom stereocenters. The molecule has 0 bridgehead atoms. The fraction of sp³-hybridized carbons (Fsp3) is 0.125. The van der Waals surface area contributed by atoms with Gasteiger partial charge in [0.15, 0.2) is 10.5 Å². The first-order valence-corrected chi connectivity index (χ1v) is 21.8. The minimum Gasteiger partial charge on any atom is -0.497 e. The zero-order valence-corrected chi connectivity index (χ0v) is 38.8. The van der Waals surface area contributed by atoms with Crippen molar-refractivity contribution >= 4 is 54.2 Å². The highest BCUT2D eigenvalue weighted by Crippen LogP contribution is 2.36. The molecule has 0 amide bonds. The second-order valence-electron chi connectivity index (χ2n) is 13.7. The third-order valence-electron chi connectivity index (χ3n) is 9.86. The molecular weight excluding hydrogens is 889 g/mol. The van der Waals surface area contributed by atoms with E-state index in [4.69, 9.17) is 45.8 Å². The summed E-state index contributed by atoms with van der Waals surface area (Å²) in [6, 6.07) is 29.4. The van der Waals surface area contributed by atoms with Crippen molar-refractivity contribution in [2.45, 2.75) is 0 Å². The molecule has 6 aromatic carbocycles. The fourth-order valence-corrected chi connectivity index (χ4v) is 8.39. The summed E-state index contributed by atoms with van der Waals surface area (Å²) in [5.41, 5.74) is -0.866. The Hall–Kier alpha value is -8.07. The molecule has 18 heteroatoms. The molecule has 337 valence electrons. The van der Waals surface area contributed by atoms with E-state index >= 15 is 0 Å². The third-order valence-corrected chi connectivity index (χ3v) is 12.7. The summed E-state index contributed by atoms with van der Waals surface area (Å²) in [5.74, 6) is -5.25. The SMILES string of the molecule is COc1ccc(C(=O)C(=O)c2ccc(OC)cc2O[Si](O[SiH2])(Oc2cc(OC)ccc2C(=O)C(=O)c2ccc(OC)cc2)Oc2cc(OC)ccc2C(=O)C(=O)c2ccc(OC)cc2)cc1. The molecule has 0 aliphatic heterocycles. The van der Waals surface area contributed by atoms with Crippen LogP contribution < -0.4 is 41.7 Å². The number of carbonyl (C=O) groups is 6. The molecule has 0 aliphatic rings. The number of hydrogen-bond acceptors (Lipinski definition) is 16. The van der Waals surface area contributed by atoms with Crippen molar-refractivity contribution in [2.75, 3.05) is 42.7 Å². The summed E-state index contributed by atoms with van der Waals surface area (Å²) >= 11 is 0. The lowest BCUT2D eigenvalue weighted by Crippen LogP contribution is -2.58. The Morgan fingerprint density at radius 3 is 0.773 bits per heavy atom. The van der Waals surface area contributed by atoms with Crippen LogP contribution in [-0.4, -0.2) is 96.9 Å². The van der Waals surface area contributed by atoms with Gasteiger partial charge in [-0.2, -0.15) is 0 Å². The molecule has 0 fully saturated rings. The number of rotatable bonds is 22. The Kier molecular flexibility index (Phi) is 15.1. The molecule has 0 N–H and O–H groups in total. The Bertz CT molecular complexity index is 2490. The topological polar surface area (TPSA) is 195 Å². The van der Waals surface area contributed by atoms with E-state index in [1.165, 1.54) is 170 Å². The van der Waals surface area contributed by atoms with E-state index in [1.54, 1.807) is 0 Å². The molecule has 0 saturated heterocycles. The number of ketones is 6. The predicted molar refractivity (Wildman–Crippen MR) is 241 cm³/mol. The molecule has 6 aromatic rings. The predicted octanol–water partition coefficient (Wildman–Crippen LogP) is 6.47. The number of methoxy groups -OCH3 is 6. The average Bonchev–Trinajstić information content (AvgIpc) is 3.37.